The van der Waals surface area contributed by atoms with Crippen molar-refractivity contribution in [3.8, 4) is 5.75 Å². The summed E-state index contributed by atoms with van der Waals surface area (Å²) in [4.78, 5) is 0. The summed E-state index contributed by atoms with van der Waals surface area (Å²) in [6.45, 7) is 11.9. The molecule has 0 N–H and O–H groups in total. The standard InChI is InChI=1S/C37H48O4Si/c1-36(2,3)42(29-15-9-7-10-16-29,30-17-11-8-12-18-30)41-35-24-27-23-33-26(14-13-19-34(33)38-6)22-32(27)31(35)21-20-28-25-39-37(4,5)40-28/h7-19,27-28,31-32,35H,20-25H2,1-6H3/t27-,28-,31-,32-,35-/m1/s1. The van der Waals surface area contributed by atoms with E-state index in [4.69, 9.17) is 18.6 Å². The third kappa shape index (κ3) is 5.50. The number of hydrogen-bond donors (Lipinski definition) is 0. The zero-order valence-electron chi connectivity index (χ0n) is 26.3. The van der Waals surface area contributed by atoms with E-state index in [9.17, 15) is 0 Å². The highest BCUT2D eigenvalue weighted by Crippen LogP contribution is 2.51. The van der Waals surface area contributed by atoms with E-state index in [0.717, 1.165) is 37.9 Å². The fourth-order valence-electron chi connectivity index (χ4n) is 8.30. The molecule has 1 heterocycles. The molecule has 2 fully saturated rings. The first-order valence-corrected chi connectivity index (χ1v) is 17.8. The summed E-state index contributed by atoms with van der Waals surface area (Å²) in [7, 11) is -0.877. The summed E-state index contributed by atoms with van der Waals surface area (Å²) in [6, 6.07) is 28.8. The second-order valence-electron chi connectivity index (χ2n) is 14.2. The van der Waals surface area contributed by atoms with Gasteiger partial charge in [-0.3, -0.25) is 0 Å². The van der Waals surface area contributed by atoms with Crippen molar-refractivity contribution in [2.45, 2.75) is 89.8 Å². The first kappa shape index (κ1) is 29.6. The largest absolute Gasteiger partial charge is 0.496 e. The predicted octanol–water partition coefficient (Wildman–Crippen LogP) is 6.92. The van der Waals surface area contributed by atoms with Crippen molar-refractivity contribution in [3.63, 3.8) is 0 Å². The van der Waals surface area contributed by atoms with Crippen molar-refractivity contribution < 1.29 is 18.6 Å². The van der Waals surface area contributed by atoms with Gasteiger partial charge in [-0.05, 0) is 96.3 Å². The van der Waals surface area contributed by atoms with Crippen LogP contribution in [0, 0.1) is 17.8 Å². The lowest BCUT2D eigenvalue weighted by Gasteiger charge is -2.46. The van der Waals surface area contributed by atoms with Crippen LogP contribution < -0.4 is 15.1 Å². The molecule has 0 amide bonds. The molecule has 2 aliphatic carbocycles. The molecule has 0 spiro atoms. The molecule has 5 heteroatoms. The smallest absolute Gasteiger partial charge is 0.261 e. The van der Waals surface area contributed by atoms with Crippen LogP contribution in [0.2, 0.25) is 5.04 Å². The summed E-state index contributed by atoms with van der Waals surface area (Å²) >= 11 is 0. The zero-order valence-corrected chi connectivity index (χ0v) is 27.3. The van der Waals surface area contributed by atoms with Crippen molar-refractivity contribution in [1.82, 2.24) is 0 Å². The van der Waals surface area contributed by atoms with Gasteiger partial charge >= 0.3 is 0 Å². The highest BCUT2D eigenvalue weighted by molar-refractivity contribution is 6.99. The van der Waals surface area contributed by atoms with Gasteiger partial charge in [-0.1, -0.05) is 93.6 Å². The molecule has 0 bridgehead atoms. The molecular weight excluding hydrogens is 536 g/mol. The lowest BCUT2D eigenvalue weighted by molar-refractivity contribution is -0.139. The molecule has 0 aromatic heterocycles. The molecule has 1 aliphatic heterocycles. The molecular formula is C37H48O4Si. The van der Waals surface area contributed by atoms with Gasteiger partial charge in [0, 0.05) is 6.10 Å². The second-order valence-corrected chi connectivity index (χ2v) is 18.4. The Kier molecular flexibility index (Phi) is 8.16. The molecule has 5 atom stereocenters. The summed E-state index contributed by atoms with van der Waals surface area (Å²) in [5.74, 6) is 2.18. The van der Waals surface area contributed by atoms with Gasteiger partial charge in [-0.15, -0.1) is 0 Å². The van der Waals surface area contributed by atoms with Gasteiger partial charge in [-0.25, -0.2) is 0 Å². The van der Waals surface area contributed by atoms with E-state index in [1.807, 2.05) is 13.8 Å². The molecule has 3 aromatic rings. The van der Waals surface area contributed by atoms with Crippen molar-refractivity contribution >= 4 is 18.7 Å². The van der Waals surface area contributed by atoms with Crippen LogP contribution in [0.1, 0.15) is 65.0 Å². The van der Waals surface area contributed by atoms with Crippen molar-refractivity contribution in [3.05, 3.63) is 90.0 Å². The maximum Gasteiger partial charge on any atom is 0.261 e. The Balaban J connectivity index is 1.39. The van der Waals surface area contributed by atoms with Crippen LogP contribution in [-0.2, 0) is 26.7 Å². The average molecular weight is 585 g/mol. The van der Waals surface area contributed by atoms with Crippen molar-refractivity contribution in [2.75, 3.05) is 13.7 Å². The molecule has 0 radical (unpaired) electrons. The van der Waals surface area contributed by atoms with Crippen LogP contribution in [-0.4, -0.2) is 40.0 Å². The van der Waals surface area contributed by atoms with E-state index in [-0.39, 0.29) is 17.2 Å². The van der Waals surface area contributed by atoms with Crippen molar-refractivity contribution in [1.29, 1.82) is 0 Å². The van der Waals surface area contributed by atoms with Gasteiger partial charge in [0.2, 0.25) is 0 Å². The van der Waals surface area contributed by atoms with E-state index < -0.39 is 14.1 Å². The van der Waals surface area contributed by atoms with Crippen LogP contribution in [0.4, 0.5) is 0 Å². The molecule has 3 aliphatic rings. The second kappa shape index (κ2) is 11.6. The lowest BCUT2D eigenvalue weighted by atomic mass is 9.73. The Morgan fingerprint density at radius 2 is 1.52 bits per heavy atom. The van der Waals surface area contributed by atoms with Crippen LogP contribution >= 0.6 is 0 Å². The first-order chi connectivity index (χ1) is 20.1. The van der Waals surface area contributed by atoms with Gasteiger partial charge in [0.1, 0.15) is 5.75 Å². The number of hydrogen-bond acceptors (Lipinski definition) is 4. The minimum atomic E-state index is -2.68. The molecule has 3 aromatic carbocycles. The fraction of sp³-hybridized carbons (Fsp3) is 0.514. The summed E-state index contributed by atoms with van der Waals surface area (Å²) in [5, 5.41) is 2.67. The third-order valence-electron chi connectivity index (χ3n) is 10.2. The maximum absolute atomic E-state index is 7.89. The van der Waals surface area contributed by atoms with Crippen molar-refractivity contribution in [2.24, 2.45) is 17.8 Å². The van der Waals surface area contributed by atoms with Gasteiger partial charge < -0.3 is 18.6 Å². The average Bonchev–Trinajstić information content (AvgIpc) is 3.50. The Hall–Kier alpha value is -2.44. The first-order valence-electron chi connectivity index (χ1n) is 15.9. The summed E-state index contributed by atoms with van der Waals surface area (Å²) < 4.78 is 26.0. The SMILES string of the molecule is COc1cccc2c1C[C@@H]1C[C@@H](O[Si](c3ccccc3)(c3ccccc3)C(C)(C)C)[C@H](CC[C@@H]3COC(C)(C)O3)[C@@H]1C2. The lowest BCUT2D eigenvalue weighted by Crippen LogP contribution is -2.68. The molecule has 1 saturated carbocycles. The molecule has 4 nitrogen and oxygen atoms in total. The Morgan fingerprint density at radius 3 is 2.10 bits per heavy atom. The van der Waals surface area contributed by atoms with E-state index in [0.29, 0.717) is 24.4 Å². The minimum Gasteiger partial charge on any atom is -0.496 e. The monoisotopic (exact) mass is 584 g/mol. The Morgan fingerprint density at radius 1 is 0.857 bits per heavy atom. The van der Waals surface area contributed by atoms with E-state index >= 15 is 0 Å². The Labute approximate surface area is 253 Å². The predicted molar refractivity (Wildman–Crippen MR) is 172 cm³/mol. The van der Waals surface area contributed by atoms with Crippen LogP contribution in [0.15, 0.2) is 78.9 Å². The maximum atomic E-state index is 7.89. The summed E-state index contributed by atoms with van der Waals surface area (Å²) in [6.07, 6.45) is 5.67. The number of methoxy groups -OCH3 is 1. The van der Waals surface area contributed by atoms with Crippen LogP contribution in [0.3, 0.4) is 0 Å². The summed E-state index contributed by atoms with van der Waals surface area (Å²) in [5.41, 5.74) is 2.86. The van der Waals surface area contributed by atoms with Gasteiger partial charge in [0.25, 0.3) is 8.32 Å². The molecule has 6 rings (SSSR count). The van der Waals surface area contributed by atoms with Gasteiger partial charge in [0.15, 0.2) is 5.79 Å². The third-order valence-corrected chi connectivity index (χ3v) is 15.2. The number of fused-ring (bicyclic) bond motifs is 2. The van der Waals surface area contributed by atoms with Gasteiger partial charge in [-0.2, -0.15) is 0 Å². The molecule has 224 valence electrons. The highest BCUT2D eigenvalue weighted by atomic mass is 28.4. The minimum absolute atomic E-state index is 0.0490. The quantitative estimate of drug-likeness (QED) is 0.269. The number of benzene rings is 3. The topological polar surface area (TPSA) is 36.9 Å². The van der Waals surface area contributed by atoms with E-state index in [2.05, 4.69) is 99.6 Å². The molecule has 1 saturated heterocycles. The van der Waals surface area contributed by atoms with E-state index in [1.54, 1.807) is 7.11 Å². The number of ether oxygens (including phenoxy) is 3. The molecule has 42 heavy (non-hydrogen) atoms. The Bertz CT molecular complexity index is 1310. The zero-order chi connectivity index (χ0) is 29.5. The fourth-order valence-corrected chi connectivity index (χ4v) is 13.0. The number of rotatable bonds is 8. The van der Waals surface area contributed by atoms with Crippen LogP contribution in [0.25, 0.3) is 0 Å². The highest BCUT2D eigenvalue weighted by Gasteiger charge is 2.55. The van der Waals surface area contributed by atoms with Crippen LogP contribution in [0.5, 0.6) is 5.75 Å². The molecule has 0 unspecified atom stereocenters. The van der Waals surface area contributed by atoms with Gasteiger partial charge in [0.05, 0.1) is 19.8 Å². The normalized spacial score (nSPS) is 27.0. The van der Waals surface area contributed by atoms with E-state index in [1.165, 1.54) is 21.5 Å².